The Morgan fingerprint density at radius 2 is 2.29 bits per heavy atom. The molecule has 2 heteroatoms. The molecule has 7 heavy (non-hydrogen) atoms. The fourth-order valence-corrected chi connectivity index (χ4v) is 0.384. The lowest BCUT2D eigenvalue weighted by Gasteiger charge is -2.03. The zero-order valence-electron chi connectivity index (χ0n) is 3.76. The summed E-state index contributed by atoms with van der Waals surface area (Å²) in [5.41, 5.74) is 0. The van der Waals surface area contributed by atoms with Gasteiger partial charge < -0.3 is 10.4 Å². The van der Waals surface area contributed by atoms with Crippen molar-refractivity contribution in [3.8, 4) is 0 Å². The highest BCUT2D eigenvalue weighted by Crippen LogP contribution is 1.94. The van der Waals surface area contributed by atoms with Crippen LogP contribution in [-0.4, -0.2) is 5.11 Å². The number of hydrogen-bond acceptors (Lipinski definition) is 2. The van der Waals surface area contributed by atoms with Crippen molar-refractivity contribution in [3.05, 3.63) is 30.7 Å². The molecule has 0 fully saturated rings. The van der Waals surface area contributed by atoms with Crippen molar-refractivity contribution in [2.75, 3.05) is 0 Å². The number of aliphatic hydroxyl groups is 1. The van der Waals surface area contributed by atoms with Gasteiger partial charge in [0.25, 0.3) is 0 Å². The van der Waals surface area contributed by atoms with Gasteiger partial charge in [0.2, 0.25) is 6.23 Å². The molecule has 1 aliphatic rings. The normalized spacial score (nSPS) is 19.6. The molecule has 1 aliphatic heterocycles. The van der Waals surface area contributed by atoms with E-state index in [1.54, 1.807) is 24.4 Å². The Labute approximate surface area is 42.2 Å². The summed E-state index contributed by atoms with van der Waals surface area (Å²) in [5, 5.41) is 11.2. The van der Waals surface area contributed by atoms with E-state index in [2.05, 4.69) is 5.32 Å². The molecule has 37 valence electrons. The van der Waals surface area contributed by atoms with Crippen LogP contribution in [0, 0.1) is 6.23 Å². The standard InChI is InChI=1S/C5H6NO/c7-5-3-1-2-4-6-5/h1-4,6-7H. The quantitative estimate of drug-likeness (QED) is 0.461. The lowest BCUT2D eigenvalue weighted by molar-refractivity contribution is 0.310. The van der Waals surface area contributed by atoms with Crippen LogP contribution in [-0.2, 0) is 0 Å². The number of aliphatic hydroxyl groups excluding tert-OH is 1. The molecule has 1 radical (unpaired) electrons. The summed E-state index contributed by atoms with van der Waals surface area (Å²) in [6.45, 7) is 0. The largest absolute Gasteiger partial charge is 0.363 e. The van der Waals surface area contributed by atoms with Crippen LogP contribution >= 0.6 is 0 Å². The number of dihydropyridines is 1. The first kappa shape index (κ1) is 4.40. The van der Waals surface area contributed by atoms with Crippen LogP contribution in [0.1, 0.15) is 0 Å². The molecule has 2 N–H and O–H groups in total. The fraction of sp³-hybridized carbons (Fsp3) is 0. The van der Waals surface area contributed by atoms with Gasteiger partial charge in [0.15, 0.2) is 0 Å². The van der Waals surface area contributed by atoms with Crippen LogP contribution in [0.5, 0.6) is 0 Å². The zero-order chi connectivity index (χ0) is 5.11. The second-order valence-corrected chi connectivity index (χ2v) is 1.25. The molecule has 0 aromatic rings. The summed E-state index contributed by atoms with van der Waals surface area (Å²) in [4.78, 5) is 0. The summed E-state index contributed by atoms with van der Waals surface area (Å²) in [5.74, 6) is 0. The topological polar surface area (TPSA) is 32.3 Å². The van der Waals surface area contributed by atoms with E-state index in [-0.39, 0.29) is 6.23 Å². The Kier molecular flexibility index (Phi) is 1.13. The second-order valence-electron chi connectivity index (χ2n) is 1.25. The maximum absolute atomic E-state index is 8.58. The third-order valence-electron chi connectivity index (χ3n) is 0.693. The maximum atomic E-state index is 8.58. The molecule has 1 heterocycles. The third kappa shape index (κ3) is 1.05. The number of hydrogen-bond donors (Lipinski definition) is 2. The van der Waals surface area contributed by atoms with E-state index in [1.807, 2.05) is 0 Å². The van der Waals surface area contributed by atoms with Gasteiger partial charge in [-0.05, 0) is 18.4 Å². The first-order chi connectivity index (χ1) is 3.39. The summed E-state index contributed by atoms with van der Waals surface area (Å²) < 4.78 is 0. The second kappa shape index (κ2) is 1.80. The van der Waals surface area contributed by atoms with Crippen molar-refractivity contribution < 1.29 is 5.11 Å². The Morgan fingerprint density at radius 1 is 1.43 bits per heavy atom. The van der Waals surface area contributed by atoms with Crippen LogP contribution in [0.25, 0.3) is 0 Å². The van der Waals surface area contributed by atoms with Gasteiger partial charge >= 0.3 is 0 Å². The summed E-state index contributed by atoms with van der Waals surface area (Å²) in [6.07, 6.45) is 7.00. The van der Waals surface area contributed by atoms with Gasteiger partial charge in [0.1, 0.15) is 0 Å². The minimum absolute atomic E-state index is 0.197. The van der Waals surface area contributed by atoms with Crippen molar-refractivity contribution in [1.29, 1.82) is 0 Å². The third-order valence-corrected chi connectivity index (χ3v) is 0.693. The average Bonchev–Trinajstić information content (AvgIpc) is 1.69. The minimum atomic E-state index is 0.197. The van der Waals surface area contributed by atoms with Crippen molar-refractivity contribution in [1.82, 2.24) is 5.32 Å². The fourth-order valence-electron chi connectivity index (χ4n) is 0.384. The highest BCUT2D eigenvalue weighted by Gasteiger charge is 1.94. The van der Waals surface area contributed by atoms with Gasteiger partial charge in [-0.25, -0.2) is 0 Å². The van der Waals surface area contributed by atoms with Gasteiger partial charge in [-0.3, -0.25) is 0 Å². The number of rotatable bonds is 0. The number of allylic oxidation sites excluding steroid dienone is 2. The smallest absolute Gasteiger partial charge is 0.207 e. The first-order valence-electron chi connectivity index (χ1n) is 2.05. The average molecular weight is 96.1 g/mol. The SMILES string of the molecule is O[C]1C=CC=CN1. The number of nitrogens with one attached hydrogen (secondary N) is 1. The molecule has 0 saturated carbocycles. The van der Waals surface area contributed by atoms with E-state index in [0.29, 0.717) is 0 Å². The van der Waals surface area contributed by atoms with Gasteiger partial charge in [-0.2, -0.15) is 0 Å². The predicted octanol–water partition coefficient (Wildman–Crippen LogP) is 0.521. The van der Waals surface area contributed by atoms with Crippen molar-refractivity contribution in [2.24, 2.45) is 0 Å². The van der Waals surface area contributed by atoms with E-state index < -0.39 is 0 Å². The van der Waals surface area contributed by atoms with Crippen LogP contribution < -0.4 is 5.32 Å². The van der Waals surface area contributed by atoms with Crippen molar-refractivity contribution >= 4 is 0 Å². The Hall–Kier alpha value is -0.760. The lowest BCUT2D eigenvalue weighted by Crippen LogP contribution is -2.12. The minimum Gasteiger partial charge on any atom is -0.363 e. The highest BCUT2D eigenvalue weighted by molar-refractivity contribution is 5.16. The first-order valence-corrected chi connectivity index (χ1v) is 2.05. The summed E-state index contributed by atoms with van der Waals surface area (Å²) >= 11 is 0. The van der Waals surface area contributed by atoms with Gasteiger partial charge in [-0.15, -0.1) is 0 Å². The molecule has 0 bridgehead atoms. The molecule has 0 atom stereocenters. The van der Waals surface area contributed by atoms with Gasteiger partial charge in [-0.1, -0.05) is 6.08 Å². The van der Waals surface area contributed by atoms with E-state index in [0.717, 1.165) is 0 Å². The Morgan fingerprint density at radius 3 is 2.57 bits per heavy atom. The van der Waals surface area contributed by atoms with Gasteiger partial charge in [0.05, 0.1) is 0 Å². The highest BCUT2D eigenvalue weighted by atomic mass is 16.3. The van der Waals surface area contributed by atoms with Crippen LogP contribution in [0.15, 0.2) is 24.4 Å². The molecular weight excluding hydrogens is 90.1 g/mol. The molecule has 0 amide bonds. The lowest BCUT2D eigenvalue weighted by atomic mass is 10.4. The molecule has 0 aromatic carbocycles. The monoisotopic (exact) mass is 96.0 g/mol. The molecule has 1 rings (SSSR count). The van der Waals surface area contributed by atoms with Crippen LogP contribution in [0.4, 0.5) is 0 Å². The van der Waals surface area contributed by atoms with Gasteiger partial charge in [0, 0.05) is 0 Å². The Bertz CT molecular complexity index is 107. The molecule has 0 saturated heterocycles. The maximum Gasteiger partial charge on any atom is 0.207 e. The van der Waals surface area contributed by atoms with Crippen molar-refractivity contribution in [3.63, 3.8) is 0 Å². The van der Waals surface area contributed by atoms with Crippen molar-refractivity contribution in [2.45, 2.75) is 0 Å². The van der Waals surface area contributed by atoms with Crippen LogP contribution in [0.3, 0.4) is 0 Å². The summed E-state index contributed by atoms with van der Waals surface area (Å²) in [6, 6.07) is 0. The van der Waals surface area contributed by atoms with E-state index in [1.165, 1.54) is 0 Å². The predicted molar refractivity (Wildman–Crippen MR) is 26.6 cm³/mol. The molecule has 0 unspecified atom stereocenters. The van der Waals surface area contributed by atoms with E-state index >= 15 is 0 Å². The summed E-state index contributed by atoms with van der Waals surface area (Å²) in [7, 11) is 0. The molecule has 0 aliphatic carbocycles. The van der Waals surface area contributed by atoms with E-state index in [9.17, 15) is 0 Å². The Balaban J connectivity index is 2.49. The molecular formula is C5H6NO. The molecule has 0 aromatic heterocycles. The van der Waals surface area contributed by atoms with E-state index in [4.69, 9.17) is 5.11 Å². The van der Waals surface area contributed by atoms with Crippen LogP contribution in [0.2, 0.25) is 0 Å². The zero-order valence-corrected chi connectivity index (χ0v) is 3.76. The molecule has 2 nitrogen and oxygen atoms in total. The molecule has 0 spiro atoms.